The molecule has 23 heavy (non-hydrogen) atoms. The molecule has 0 aromatic carbocycles. The fraction of sp³-hybridized carbons (Fsp3) is 0.625. The Morgan fingerprint density at radius 1 is 1.39 bits per heavy atom. The number of sulfone groups is 1. The van der Waals surface area contributed by atoms with Gasteiger partial charge >= 0.3 is 0 Å². The van der Waals surface area contributed by atoms with E-state index in [4.69, 9.17) is 0 Å². The molecule has 1 aliphatic rings. The Kier molecular flexibility index (Phi) is 6.12. The van der Waals surface area contributed by atoms with E-state index in [0.717, 1.165) is 19.4 Å². The first-order chi connectivity index (χ1) is 10.9. The predicted molar refractivity (Wildman–Crippen MR) is 90.0 cm³/mol. The van der Waals surface area contributed by atoms with Crippen LogP contribution in [-0.2, 0) is 9.84 Å². The SMILES string of the molecule is CCCC1CN(CCS(C)(=O)=O)CC1NC(=O)c1ccccn1. The van der Waals surface area contributed by atoms with Crippen LogP contribution < -0.4 is 5.32 Å². The third-order valence-corrected chi connectivity index (χ3v) is 5.09. The van der Waals surface area contributed by atoms with Crippen LogP contribution in [0.3, 0.4) is 0 Å². The Labute approximate surface area is 138 Å². The van der Waals surface area contributed by atoms with Crippen molar-refractivity contribution in [3.8, 4) is 0 Å². The highest BCUT2D eigenvalue weighted by Gasteiger charge is 2.33. The maximum Gasteiger partial charge on any atom is 0.270 e. The summed E-state index contributed by atoms with van der Waals surface area (Å²) in [4.78, 5) is 18.5. The van der Waals surface area contributed by atoms with Gasteiger partial charge in [-0.2, -0.15) is 0 Å². The molecule has 7 heteroatoms. The monoisotopic (exact) mass is 339 g/mol. The summed E-state index contributed by atoms with van der Waals surface area (Å²) < 4.78 is 22.7. The summed E-state index contributed by atoms with van der Waals surface area (Å²) in [5, 5.41) is 3.06. The van der Waals surface area contributed by atoms with Crippen molar-refractivity contribution in [2.45, 2.75) is 25.8 Å². The molecule has 0 saturated carbocycles. The Bertz CT molecular complexity index is 619. The van der Waals surface area contributed by atoms with Crippen molar-refractivity contribution in [3.05, 3.63) is 30.1 Å². The van der Waals surface area contributed by atoms with Crippen LogP contribution in [0.15, 0.2) is 24.4 Å². The zero-order valence-corrected chi connectivity index (χ0v) is 14.6. The summed E-state index contributed by atoms with van der Waals surface area (Å²) in [5.41, 5.74) is 0.414. The first-order valence-corrected chi connectivity index (χ1v) is 10.1. The van der Waals surface area contributed by atoms with E-state index >= 15 is 0 Å². The Hall–Kier alpha value is -1.47. The average molecular weight is 339 g/mol. The van der Waals surface area contributed by atoms with E-state index in [1.807, 2.05) is 0 Å². The number of nitrogens with one attached hydrogen (secondary N) is 1. The second-order valence-corrected chi connectivity index (χ2v) is 8.49. The van der Waals surface area contributed by atoms with Crippen LogP contribution in [0.5, 0.6) is 0 Å². The smallest absolute Gasteiger partial charge is 0.270 e. The number of hydrogen-bond acceptors (Lipinski definition) is 5. The van der Waals surface area contributed by atoms with E-state index in [2.05, 4.69) is 22.1 Å². The van der Waals surface area contributed by atoms with Gasteiger partial charge in [-0.15, -0.1) is 0 Å². The maximum atomic E-state index is 12.3. The quantitative estimate of drug-likeness (QED) is 0.800. The van der Waals surface area contributed by atoms with Gasteiger partial charge in [-0.25, -0.2) is 8.42 Å². The number of aromatic nitrogens is 1. The summed E-state index contributed by atoms with van der Waals surface area (Å²) in [5.74, 6) is 0.348. The molecule has 1 aromatic rings. The first-order valence-electron chi connectivity index (χ1n) is 8.01. The molecule has 0 spiro atoms. The highest BCUT2D eigenvalue weighted by molar-refractivity contribution is 7.90. The molecular weight excluding hydrogens is 314 g/mol. The predicted octanol–water partition coefficient (Wildman–Crippen LogP) is 0.957. The van der Waals surface area contributed by atoms with Crippen LogP contribution in [0.4, 0.5) is 0 Å². The summed E-state index contributed by atoms with van der Waals surface area (Å²) in [6, 6.07) is 5.31. The zero-order valence-electron chi connectivity index (χ0n) is 13.7. The van der Waals surface area contributed by atoms with E-state index in [1.54, 1.807) is 24.4 Å². The number of hydrogen-bond donors (Lipinski definition) is 1. The lowest BCUT2D eigenvalue weighted by atomic mass is 9.98. The summed E-state index contributed by atoms with van der Waals surface area (Å²) in [6.07, 6.45) is 4.92. The van der Waals surface area contributed by atoms with Gasteiger partial charge in [-0.05, 0) is 24.5 Å². The molecule has 1 saturated heterocycles. The fourth-order valence-electron chi connectivity index (χ4n) is 3.00. The Balaban J connectivity index is 1.97. The molecule has 1 N–H and O–H groups in total. The van der Waals surface area contributed by atoms with Crippen LogP contribution in [0.25, 0.3) is 0 Å². The topological polar surface area (TPSA) is 79.4 Å². The van der Waals surface area contributed by atoms with Crippen LogP contribution in [0.1, 0.15) is 30.3 Å². The van der Waals surface area contributed by atoms with E-state index in [9.17, 15) is 13.2 Å². The van der Waals surface area contributed by atoms with Crippen molar-refractivity contribution in [1.82, 2.24) is 15.2 Å². The molecule has 1 aliphatic heterocycles. The van der Waals surface area contributed by atoms with Gasteiger partial charge in [0, 0.05) is 38.1 Å². The van der Waals surface area contributed by atoms with Crippen molar-refractivity contribution in [2.24, 2.45) is 5.92 Å². The van der Waals surface area contributed by atoms with Crippen LogP contribution in [-0.4, -0.2) is 61.9 Å². The molecule has 2 heterocycles. The number of nitrogens with zero attached hydrogens (tertiary/aromatic N) is 2. The van der Waals surface area contributed by atoms with Gasteiger partial charge < -0.3 is 5.32 Å². The molecule has 2 rings (SSSR count). The van der Waals surface area contributed by atoms with E-state index in [1.165, 1.54) is 6.26 Å². The van der Waals surface area contributed by atoms with Gasteiger partial charge in [0.15, 0.2) is 0 Å². The molecule has 0 radical (unpaired) electrons. The minimum Gasteiger partial charge on any atom is -0.346 e. The van der Waals surface area contributed by atoms with Crippen molar-refractivity contribution in [3.63, 3.8) is 0 Å². The molecule has 128 valence electrons. The third-order valence-electron chi connectivity index (χ3n) is 4.17. The molecule has 2 unspecified atom stereocenters. The third kappa shape index (κ3) is 5.58. The maximum absolute atomic E-state index is 12.3. The molecule has 2 atom stereocenters. The summed E-state index contributed by atoms with van der Waals surface area (Å²) in [6.45, 7) is 4.17. The molecule has 1 aromatic heterocycles. The van der Waals surface area contributed by atoms with E-state index in [-0.39, 0.29) is 17.7 Å². The highest BCUT2D eigenvalue weighted by atomic mass is 32.2. The number of carbonyl (C=O) groups excluding carboxylic acids is 1. The molecule has 1 amide bonds. The molecule has 1 fully saturated rings. The first kappa shape index (κ1) is 17.9. The van der Waals surface area contributed by atoms with Gasteiger partial charge in [-0.3, -0.25) is 14.7 Å². The largest absolute Gasteiger partial charge is 0.346 e. The highest BCUT2D eigenvalue weighted by Crippen LogP contribution is 2.22. The van der Waals surface area contributed by atoms with Crippen molar-refractivity contribution < 1.29 is 13.2 Å². The van der Waals surface area contributed by atoms with Crippen LogP contribution in [0.2, 0.25) is 0 Å². The number of carbonyl (C=O) groups is 1. The fourth-order valence-corrected chi connectivity index (χ4v) is 3.59. The molecule has 0 bridgehead atoms. The second kappa shape index (κ2) is 7.88. The lowest BCUT2D eigenvalue weighted by molar-refractivity contribution is 0.0924. The minimum atomic E-state index is -2.96. The average Bonchev–Trinajstić information content (AvgIpc) is 2.88. The van der Waals surface area contributed by atoms with Crippen LogP contribution >= 0.6 is 0 Å². The minimum absolute atomic E-state index is 0.0454. The molecular formula is C16H25N3O3S. The van der Waals surface area contributed by atoms with Gasteiger partial charge in [0.05, 0.1) is 5.75 Å². The van der Waals surface area contributed by atoms with Crippen molar-refractivity contribution in [1.29, 1.82) is 0 Å². The van der Waals surface area contributed by atoms with E-state index < -0.39 is 9.84 Å². The molecule has 6 nitrogen and oxygen atoms in total. The lowest BCUT2D eigenvalue weighted by Gasteiger charge is -2.19. The van der Waals surface area contributed by atoms with Gasteiger partial charge in [0.25, 0.3) is 5.91 Å². The van der Waals surface area contributed by atoms with Gasteiger partial charge in [0.1, 0.15) is 15.5 Å². The second-order valence-electron chi connectivity index (χ2n) is 6.23. The number of likely N-dealkylation sites (tertiary alicyclic amines) is 1. The molecule has 0 aliphatic carbocycles. The number of pyridine rings is 1. The van der Waals surface area contributed by atoms with Crippen molar-refractivity contribution >= 4 is 15.7 Å². The number of amides is 1. The van der Waals surface area contributed by atoms with Crippen molar-refractivity contribution in [2.75, 3.05) is 31.6 Å². The van der Waals surface area contributed by atoms with Crippen LogP contribution in [0, 0.1) is 5.92 Å². The number of rotatable bonds is 7. The Morgan fingerprint density at radius 2 is 2.17 bits per heavy atom. The zero-order chi connectivity index (χ0) is 16.9. The normalized spacial score (nSPS) is 22.2. The summed E-state index contributed by atoms with van der Waals surface area (Å²) >= 11 is 0. The summed E-state index contributed by atoms with van der Waals surface area (Å²) in [7, 11) is -2.96. The van der Waals surface area contributed by atoms with Gasteiger partial charge in [0.2, 0.25) is 0 Å². The lowest BCUT2D eigenvalue weighted by Crippen LogP contribution is -2.41. The van der Waals surface area contributed by atoms with E-state index in [0.29, 0.717) is 24.7 Å². The van der Waals surface area contributed by atoms with Gasteiger partial charge in [-0.1, -0.05) is 19.4 Å². The Morgan fingerprint density at radius 3 is 2.78 bits per heavy atom. The standard InChI is InChI=1S/C16H25N3O3S/c1-3-6-13-11-19(9-10-23(2,21)22)12-15(13)18-16(20)14-7-4-5-8-17-14/h4-5,7-8,13,15H,3,6,9-12H2,1-2H3,(H,18,20).